The van der Waals surface area contributed by atoms with Gasteiger partial charge in [0.1, 0.15) is 0 Å². The van der Waals surface area contributed by atoms with Gasteiger partial charge in [-0.25, -0.2) is 0 Å². The first-order chi connectivity index (χ1) is 22.8. The van der Waals surface area contributed by atoms with Gasteiger partial charge < -0.3 is 9.80 Å². The van der Waals surface area contributed by atoms with E-state index in [0.29, 0.717) is 0 Å². The van der Waals surface area contributed by atoms with Crippen LogP contribution >= 0.6 is 0 Å². The molecular weight excluding hydrogens is 556 g/mol. The average molecular weight is 587 g/mol. The molecule has 0 radical (unpaired) electrons. The summed E-state index contributed by atoms with van der Waals surface area (Å²) in [6.07, 6.45) is 0. The maximum atomic E-state index is 2.43. The molecule has 0 bridgehead atoms. The van der Waals surface area contributed by atoms with E-state index in [1.54, 1.807) is 0 Å². The van der Waals surface area contributed by atoms with Gasteiger partial charge in [0.25, 0.3) is 0 Å². The Labute approximate surface area is 269 Å². The number of benzene rings is 8. The first kappa shape index (κ1) is 26.3. The molecule has 1 aliphatic rings. The topological polar surface area (TPSA) is 6.48 Å². The highest BCUT2D eigenvalue weighted by molar-refractivity contribution is 6.19. The van der Waals surface area contributed by atoms with Crippen LogP contribution < -0.4 is 9.80 Å². The highest BCUT2D eigenvalue weighted by Crippen LogP contribution is 2.53. The van der Waals surface area contributed by atoms with E-state index in [2.05, 4.69) is 192 Å². The average Bonchev–Trinajstić information content (AvgIpc) is 3.13. The van der Waals surface area contributed by atoms with Gasteiger partial charge in [-0.1, -0.05) is 121 Å². The Morgan fingerprint density at radius 3 is 1.72 bits per heavy atom. The summed E-state index contributed by atoms with van der Waals surface area (Å²) in [6.45, 7) is 0. The minimum absolute atomic E-state index is 1.11. The normalized spacial score (nSPS) is 11.9. The Bertz CT molecular complexity index is 2340. The van der Waals surface area contributed by atoms with E-state index in [1.165, 1.54) is 55.2 Å². The summed E-state index contributed by atoms with van der Waals surface area (Å²) in [7, 11) is 0. The van der Waals surface area contributed by atoms with Crippen LogP contribution in [0, 0.1) is 0 Å². The fraction of sp³-hybridized carbons (Fsp3) is 0. The summed E-state index contributed by atoms with van der Waals surface area (Å²) in [6, 6.07) is 65.6. The molecule has 8 aromatic rings. The van der Waals surface area contributed by atoms with Crippen molar-refractivity contribution in [2.75, 3.05) is 9.80 Å². The summed E-state index contributed by atoms with van der Waals surface area (Å²) < 4.78 is 0. The van der Waals surface area contributed by atoms with Gasteiger partial charge in [0.15, 0.2) is 0 Å². The largest absolute Gasteiger partial charge is 0.311 e. The molecule has 2 heteroatoms. The van der Waals surface area contributed by atoms with E-state index in [1.807, 2.05) is 0 Å². The molecule has 0 unspecified atom stereocenters. The number of hydrogen-bond acceptors (Lipinski definition) is 2. The van der Waals surface area contributed by atoms with Crippen LogP contribution in [0.3, 0.4) is 0 Å². The summed E-state index contributed by atoms with van der Waals surface area (Å²) >= 11 is 0. The Kier molecular flexibility index (Phi) is 6.17. The van der Waals surface area contributed by atoms with Crippen molar-refractivity contribution in [1.29, 1.82) is 0 Å². The maximum Gasteiger partial charge on any atom is 0.0547 e. The van der Waals surface area contributed by atoms with Gasteiger partial charge in [-0.2, -0.15) is 0 Å². The number of hydrogen-bond donors (Lipinski definition) is 0. The number of anilines is 6. The lowest BCUT2D eigenvalue weighted by Gasteiger charge is -2.34. The van der Waals surface area contributed by atoms with Gasteiger partial charge in [0.05, 0.1) is 11.4 Å². The number of nitrogens with zero attached hydrogens (tertiary/aromatic N) is 2. The number of para-hydroxylation sites is 1. The Balaban J connectivity index is 1.18. The van der Waals surface area contributed by atoms with E-state index in [-0.39, 0.29) is 0 Å². The predicted octanol–water partition coefficient (Wildman–Crippen LogP) is 12.6. The molecule has 0 aliphatic carbocycles. The van der Waals surface area contributed by atoms with Crippen LogP contribution in [0.1, 0.15) is 0 Å². The zero-order valence-corrected chi connectivity index (χ0v) is 25.2. The van der Waals surface area contributed by atoms with E-state index in [0.717, 1.165) is 22.7 Å². The van der Waals surface area contributed by atoms with Crippen LogP contribution in [0.2, 0.25) is 0 Å². The Hall–Kier alpha value is -6.12. The van der Waals surface area contributed by atoms with Crippen LogP contribution in [0.5, 0.6) is 0 Å². The molecule has 1 aliphatic heterocycles. The number of fused-ring (bicyclic) bond motifs is 4. The molecule has 0 saturated heterocycles. The second kappa shape index (κ2) is 10.8. The molecule has 46 heavy (non-hydrogen) atoms. The molecule has 8 aromatic carbocycles. The van der Waals surface area contributed by atoms with Gasteiger partial charge in [-0.3, -0.25) is 0 Å². The molecule has 216 valence electrons. The van der Waals surface area contributed by atoms with Crippen molar-refractivity contribution in [2.24, 2.45) is 0 Å². The fourth-order valence-electron chi connectivity index (χ4n) is 7.06. The van der Waals surface area contributed by atoms with Crippen LogP contribution in [0.25, 0.3) is 43.8 Å². The second-order valence-corrected chi connectivity index (χ2v) is 11.8. The molecule has 0 aromatic heterocycles. The van der Waals surface area contributed by atoms with Crippen LogP contribution in [0.15, 0.2) is 182 Å². The Morgan fingerprint density at radius 2 is 0.957 bits per heavy atom. The Morgan fingerprint density at radius 1 is 0.370 bits per heavy atom. The molecule has 0 saturated carbocycles. The lowest BCUT2D eigenvalue weighted by atomic mass is 9.87. The first-order valence-corrected chi connectivity index (χ1v) is 15.8. The zero-order chi connectivity index (χ0) is 30.5. The maximum absolute atomic E-state index is 2.43. The SMILES string of the molecule is c1ccc(-c2ccc(N(c3ccccc3)c3ccc(N4c5ccc6ccccc6c5-c5cccc6cccc4c56)cc3)cc2)cc1. The highest BCUT2D eigenvalue weighted by Gasteiger charge is 2.27. The van der Waals surface area contributed by atoms with Gasteiger partial charge >= 0.3 is 0 Å². The minimum Gasteiger partial charge on any atom is -0.311 e. The van der Waals surface area contributed by atoms with Gasteiger partial charge in [-0.05, 0) is 93.5 Å². The smallest absolute Gasteiger partial charge is 0.0547 e. The van der Waals surface area contributed by atoms with Crippen molar-refractivity contribution >= 4 is 55.7 Å². The predicted molar refractivity (Wildman–Crippen MR) is 195 cm³/mol. The third-order valence-electron chi connectivity index (χ3n) is 9.15. The van der Waals surface area contributed by atoms with E-state index in [9.17, 15) is 0 Å². The minimum atomic E-state index is 1.11. The van der Waals surface area contributed by atoms with Crippen molar-refractivity contribution < 1.29 is 0 Å². The molecule has 0 fully saturated rings. The molecular formula is C44H30N2. The van der Waals surface area contributed by atoms with Crippen molar-refractivity contribution in [2.45, 2.75) is 0 Å². The second-order valence-electron chi connectivity index (χ2n) is 11.8. The van der Waals surface area contributed by atoms with Gasteiger partial charge in [0.2, 0.25) is 0 Å². The van der Waals surface area contributed by atoms with E-state index >= 15 is 0 Å². The van der Waals surface area contributed by atoms with Crippen LogP contribution in [-0.4, -0.2) is 0 Å². The number of rotatable bonds is 5. The molecule has 0 spiro atoms. The van der Waals surface area contributed by atoms with Crippen molar-refractivity contribution in [3.8, 4) is 22.3 Å². The van der Waals surface area contributed by atoms with Crippen LogP contribution in [-0.2, 0) is 0 Å². The lowest BCUT2D eigenvalue weighted by molar-refractivity contribution is 1.26. The van der Waals surface area contributed by atoms with Crippen LogP contribution in [0.4, 0.5) is 34.1 Å². The molecule has 2 nitrogen and oxygen atoms in total. The van der Waals surface area contributed by atoms with Crippen molar-refractivity contribution in [1.82, 2.24) is 0 Å². The fourth-order valence-corrected chi connectivity index (χ4v) is 7.06. The third kappa shape index (κ3) is 4.27. The molecule has 0 N–H and O–H groups in total. The van der Waals surface area contributed by atoms with Crippen molar-refractivity contribution in [3.05, 3.63) is 182 Å². The summed E-state index contributed by atoms with van der Waals surface area (Å²) in [5.74, 6) is 0. The highest BCUT2D eigenvalue weighted by atomic mass is 15.2. The van der Waals surface area contributed by atoms with Gasteiger partial charge in [0, 0.05) is 33.7 Å². The van der Waals surface area contributed by atoms with Gasteiger partial charge in [-0.15, -0.1) is 0 Å². The van der Waals surface area contributed by atoms with Crippen molar-refractivity contribution in [3.63, 3.8) is 0 Å². The molecule has 0 amide bonds. The quantitative estimate of drug-likeness (QED) is 0.198. The molecule has 1 heterocycles. The van der Waals surface area contributed by atoms with E-state index < -0.39 is 0 Å². The molecule has 0 atom stereocenters. The third-order valence-corrected chi connectivity index (χ3v) is 9.15. The first-order valence-electron chi connectivity index (χ1n) is 15.8. The summed E-state index contributed by atoms with van der Waals surface area (Å²) in [5, 5.41) is 5.08. The van der Waals surface area contributed by atoms with E-state index in [4.69, 9.17) is 0 Å². The zero-order valence-electron chi connectivity index (χ0n) is 25.2. The monoisotopic (exact) mass is 586 g/mol. The standard InChI is InChI=1S/C44H30N2/c1-3-11-31(12-4-1)32-21-24-36(25-22-32)45(35-16-5-2-6-17-35)37-26-28-38(29-27-37)46-41-20-10-15-34-14-9-19-40(43(34)41)44-39-18-8-7-13-33(39)23-30-42(44)46/h1-30H. The summed E-state index contributed by atoms with van der Waals surface area (Å²) in [5.41, 5.74) is 11.9. The lowest BCUT2D eigenvalue weighted by Crippen LogP contribution is -2.15. The molecule has 9 rings (SSSR count). The summed E-state index contributed by atoms with van der Waals surface area (Å²) in [4.78, 5) is 4.76.